The number of oxime groups is 1. The number of H-pyrrole nitrogens is 1. The highest BCUT2D eigenvalue weighted by Gasteiger charge is 2.23. The summed E-state index contributed by atoms with van der Waals surface area (Å²) in [5.41, 5.74) is 2.08. The molecule has 1 N–H and O–H groups in total. The molecule has 2 aromatic heterocycles. The molecule has 3 rings (SSSR count). The first-order chi connectivity index (χ1) is 13.4. The van der Waals surface area contributed by atoms with Crippen LogP contribution < -0.4 is 4.74 Å². The van der Waals surface area contributed by atoms with Gasteiger partial charge in [-0.2, -0.15) is 5.21 Å². The zero-order valence-electron chi connectivity index (χ0n) is 15.3. The lowest BCUT2D eigenvalue weighted by Crippen LogP contribution is -2.06. The number of hydrogen-bond donors (Lipinski definition) is 1. The number of pyridine rings is 1. The second kappa shape index (κ2) is 8.51. The molecule has 28 heavy (non-hydrogen) atoms. The lowest BCUT2D eigenvalue weighted by atomic mass is 10.1. The molecular weight excluding hydrogens is 370 g/mol. The smallest absolute Gasteiger partial charge is 0.270 e. The van der Waals surface area contributed by atoms with Crippen LogP contribution in [0.25, 0.3) is 0 Å². The maximum atomic E-state index is 13.2. The first-order valence-corrected chi connectivity index (χ1v) is 8.37. The molecule has 0 spiro atoms. The van der Waals surface area contributed by atoms with Crippen molar-refractivity contribution in [2.75, 3.05) is 0 Å². The number of nitrogens with zero attached hydrogens (tertiary/aromatic N) is 5. The number of rotatable bonds is 8. The average molecular weight is 388 g/mol. The Hall–Kier alpha value is -3.43. The molecule has 8 nitrogen and oxygen atoms in total. The van der Waals surface area contributed by atoms with E-state index in [1.807, 2.05) is 0 Å². The van der Waals surface area contributed by atoms with Crippen molar-refractivity contribution >= 4 is 5.71 Å². The number of nitrogens with one attached hydrogen (secondary N) is 1. The van der Waals surface area contributed by atoms with Crippen molar-refractivity contribution in [2.24, 2.45) is 5.16 Å². The van der Waals surface area contributed by atoms with Crippen LogP contribution in [0.1, 0.15) is 36.4 Å². The van der Waals surface area contributed by atoms with E-state index in [4.69, 9.17) is 9.57 Å². The maximum Gasteiger partial charge on any atom is 0.270 e. The molecule has 1 aromatic carbocycles. The third-order valence-electron chi connectivity index (χ3n) is 3.79. The van der Waals surface area contributed by atoms with Crippen molar-refractivity contribution in [2.45, 2.75) is 33.0 Å². The molecule has 0 radical (unpaired) electrons. The van der Waals surface area contributed by atoms with Crippen LogP contribution in [0.5, 0.6) is 5.88 Å². The fraction of sp³-hybridized carbons (Fsp3) is 0.278. The Morgan fingerprint density at radius 2 is 1.93 bits per heavy atom. The molecule has 0 aliphatic rings. The van der Waals surface area contributed by atoms with Gasteiger partial charge in [0, 0.05) is 30.3 Å². The Labute approximate surface area is 159 Å². The summed E-state index contributed by atoms with van der Waals surface area (Å²) < 4.78 is 31.8. The van der Waals surface area contributed by atoms with Crippen LogP contribution in [0.2, 0.25) is 0 Å². The molecule has 0 atom stereocenters. The van der Waals surface area contributed by atoms with E-state index < -0.39 is 5.92 Å². The molecule has 0 unspecified atom stereocenters. The minimum Gasteiger partial charge on any atom is -0.469 e. The van der Waals surface area contributed by atoms with Gasteiger partial charge in [0.2, 0.25) is 11.7 Å². The molecule has 0 fully saturated rings. The van der Waals surface area contributed by atoms with Crippen molar-refractivity contribution in [1.82, 2.24) is 25.6 Å². The SMILES string of the molecule is CC(=NOCc1ccc(C(C)(F)F)cc1)c1ccc(OCc2nn[nH]n2)nc1. The first kappa shape index (κ1) is 19.3. The largest absolute Gasteiger partial charge is 0.469 e. The summed E-state index contributed by atoms with van der Waals surface area (Å²) in [4.78, 5) is 9.48. The number of halogens is 2. The van der Waals surface area contributed by atoms with Crippen molar-refractivity contribution in [3.8, 4) is 5.88 Å². The van der Waals surface area contributed by atoms with Crippen molar-refractivity contribution in [3.05, 3.63) is 65.1 Å². The monoisotopic (exact) mass is 388 g/mol. The molecular formula is C18H18F2N6O2. The van der Waals surface area contributed by atoms with Crippen molar-refractivity contribution in [3.63, 3.8) is 0 Å². The molecule has 0 bridgehead atoms. The fourth-order valence-corrected chi connectivity index (χ4v) is 2.21. The van der Waals surface area contributed by atoms with E-state index in [2.05, 4.69) is 30.8 Å². The Kier molecular flexibility index (Phi) is 5.87. The molecule has 10 heteroatoms. The van der Waals surface area contributed by atoms with Gasteiger partial charge in [-0.05, 0) is 18.6 Å². The minimum atomic E-state index is -2.86. The van der Waals surface area contributed by atoms with Gasteiger partial charge in [0.15, 0.2) is 6.61 Å². The number of aromatic amines is 1. The molecule has 0 aliphatic heterocycles. The van der Waals surface area contributed by atoms with Gasteiger partial charge in [0.05, 0.1) is 5.71 Å². The Morgan fingerprint density at radius 3 is 2.54 bits per heavy atom. The highest BCUT2D eigenvalue weighted by atomic mass is 19.3. The lowest BCUT2D eigenvalue weighted by molar-refractivity contribution is 0.0174. The molecule has 0 amide bonds. The van der Waals surface area contributed by atoms with Crippen LogP contribution in [0.15, 0.2) is 47.8 Å². The molecule has 0 saturated carbocycles. The van der Waals surface area contributed by atoms with Gasteiger partial charge in [-0.15, -0.1) is 10.2 Å². The predicted molar refractivity (Wildman–Crippen MR) is 95.8 cm³/mol. The van der Waals surface area contributed by atoms with Crippen molar-refractivity contribution < 1.29 is 18.4 Å². The highest BCUT2D eigenvalue weighted by molar-refractivity contribution is 5.98. The maximum absolute atomic E-state index is 13.2. The van der Waals surface area contributed by atoms with E-state index in [-0.39, 0.29) is 18.8 Å². The van der Waals surface area contributed by atoms with Gasteiger partial charge in [0.1, 0.15) is 6.61 Å². The van der Waals surface area contributed by atoms with E-state index in [9.17, 15) is 8.78 Å². The number of tetrazole rings is 1. The number of benzene rings is 1. The summed E-state index contributed by atoms with van der Waals surface area (Å²) >= 11 is 0. The first-order valence-electron chi connectivity index (χ1n) is 8.37. The topological polar surface area (TPSA) is 98.2 Å². The summed E-state index contributed by atoms with van der Waals surface area (Å²) in [6.07, 6.45) is 1.60. The van der Waals surface area contributed by atoms with E-state index in [1.165, 1.54) is 12.1 Å². The average Bonchev–Trinajstić information content (AvgIpc) is 3.20. The summed E-state index contributed by atoms with van der Waals surface area (Å²) in [6.45, 7) is 2.97. The van der Waals surface area contributed by atoms with Gasteiger partial charge in [-0.1, -0.05) is 34.6 Å². The van der Waals surface area contributed by atoms with Crippen LogP contribution in [0.3, 0.4) is 0 Å². The van der Waals surface area contributed by atoms with Gasteiger partial charge in [-0.3, -0.25) is 0 Å². The van der Waals surface area contributed by atoms with Crippen LogP contribution in [-0.2, 0) is 24.0 Å². The van der Waals surface area contributed by atoms with E-state index in [0.29, 0.717) is 17.4 Å². The molecule has 3 aromatic rings. The third kappa shape index (κ3) is 5.29. The van der Waals surface area contributed by atoms with Crippen LogP contribution >= 0.6 is 0 Å². The summed E-state index contributed by atoms with van der Waals surface area (Å²) in [5, 5.41) is 17.4. The van der Waals surface area contributed by atoms with E-state index in [0.717, 1.165) is 18.1 Å². The van der Waals surface area contributed by atoms with Crippen LogP contribution in [0, 0.1) is 0 Å². The Morgan fingerprint density at radius 1 is 1.14 bits per heavy atom. The summed E-state index contributed by atoms with van der Waals surface area (Å²) in [7, 11) is 0. The quantitative estimate of drug-likeness (QED) is 0.470. The van der Waals surface area contributed by atoms with Gasteiger partial charge in [0.25, 0.3) is 5.92 Å². The van der Waals surface area contributed by atoms with Gasteiger partial charge in [-0.25, -0.2) is 13.8 Å². The van der Waals surface area contributed by atoms with Crippen LogP contribution in [-0.4, -0.2) is 31.3 Å². The second-order valence-electron chi connectivity index (χ2n) is 6.04. The third-order valence-corrected chi connectivity index (χ3v) is 3.79. The molecule has 0 saturated heterocycles. The van der Waals surface area contributed by atoms with Crippen molar-refractivity contribution in [1.29, 1.82) is 0 Å². The predicted octanol–water partition coefficient (Wildman–Crippen LogP) is 3.23. The highest BCUT2D eigenvalue weighted by Crippen LogP contribution is 2.26. The van der Waals surface area contributed by atoms with Gasteiger partial charge < -0.3 is 9.57 Å². The van der Waals surface area contributed by atoms with Crippen LogP contribution in [0.4, 0.5) is 8.78 Å². The summed E-state index contributed by atoms with van der Waals surface area (Å²) in [5.74, 6) is -2.02. The zero-order chi connectivity index (χ0) is 20.0. The second-order valence-corrected chi connectivity index (χ2v) is 6.04. The number of ether oxygens (including phenoxy) is 1. The fourth-order valence-electron chi connectivity index (χ4n) is 2.21. The molecule has 0 aliphatic carbocycles. The molecule has 146 valence electrons. The Bertz CT molecular complexity index is 907. The van der Waals surface area contributed by atoms with E-state index >= 15 is 0 Å². The van der Waals surface area contributed by atoms with E-state index in [1.54, 1.807) is 37.4 Å². The summed E-state index contributed by atoms with van der Waals surface area (Å²) in [6, 6.07) is 9.43. The Balaban J connectivity index is 1.51. The standard InChI is InChI=1S/C18H18F2N6O2/c1-12(24-28-10-13-3-6-15(7-4-13)18(2,19)20)14-5-8-17(21-9-14)27-11-16-22-25-26-23-16/h3-9H,10-11H2,1-2H3,(H,22,23,25,26). The number of alkyl halides is 2. The zero-order valence-corrected chi connectivity index (χ0v) is 15.3. The number of aromatic nitrogens is 5. The number of hydrogen-bond acceptors (Lipinski definition) is 7. The lowest BCUT2D eigenvalue weighted by Gasteiger charge is -2.10. The molecule has 2 heterocycles. The minimum absolute atomic E-state index is 0.0383. The normalized spacial score (nSPS) is 12.1. The van der Waals surface area contributed by atoms with Gasteiger partial charge >= 0.3 is 0 Å².